The molecule has 3 aromatic rings. The van der Waals surface area contributed by atoms with Gasteiger partial charge in [-0.3, -0.25) is 4.98 Å². The van der Waals surface area contributed by atoms with E-state index < -0.39 is 0 Å². The van der Waals surface area contributed by atoms with Crippen molar-refractivity contribution in [2.75, 3.05) is 6.61 Å². The molecule has 2 aromatic carbocycles. The van der Waals surface area contributed by atoms with Crippen LogP contribution >= 0.6 is 0 Å². The zero-order valence-corrected chi connectivity index (χ0v) is 18.0. The van der Waals surface area contributed by atoms with E-state index in [0.29, 0.717) is 0 Å². The summed E-state index contributed by atoms with van der Waals surface area (Å²) in [5.41, 5.74) is 6.38. The Morgan fingerprint density at radius 2 is 1.79 bits per heavy atom. The van der Waals surface area contributed by atoms with Crippen LogP contribution < -0.4 is 4.74 Å². The summed E-state index contributed by atoms with van der Waals surface area (Å²) in [5.74, 6) is 0.960. The van der Waals surface area contributed by atoms with E-state index in [1.165, 1.54) is 5.56 Å². The van der Waals surface area contributed by atoms with Gasteiger partial charge in [0.15, 0.2) is 0 Å². The molecule has 0 atom stereocenters. The van der Waals surface area contributed by atoms with E-state index in [4.69, 9.17) is 4.74 Å². The monoisotopic (exact) mass is 385 g/mol. The lowest BCUT2D eigenvalue weighted by Crippen LogP contribution is -2.15. The van der Waals surface area contributed by atoms with E-state index in [0.717, 1.165) is 53.2 Å². The molecule has 0 aliphatic rings. The van der Waals surface area contributed by atoms with Crippen LogP contribution in [0.3, 0.4) is 0 Å². The van der Waals surface area contributed by atoms with Gasteiger partial charge in [-0.1, -0.05) is 83.2 Å². The summed E-state index contributed by atoms with van der Waals surface area (Å²) in [4.78, 5) is 4.48. The van der Waals surface area contributed by atoms with Crippen molar-refractivity contribution in [2.45, 2.75) is 46.0 Å². The lowest BCUT2D eigenvalue weighted by Gasteiger charge is -2.25. The maximum absolute atomic E-state index is 6.32. The third-order valence-electron chi connectivity index (χ3n) is 5.06. The summed E-state index contributed by atoms with van der Waals surface area (Å²) in [7, 11) is 0. The molecule has 2 nitrogen and oxygen atoms in total. The SMILES string of the molecule is C=C(c1cccc(-c2ccccn2)c1)c1cccc(C(C)(C)C)c1OCCCC. The highest BCUT2D eigenvalue weighted by Crippen LogP contribution is 2.39. The molecule has 0 aliphatic heterocycles. The molecular weight excluding hydrogens is 354 g/mol. The molecule has 1 aromatic heterocycles. The van der Waals surface area contributed by atoms with Gasteiger partial charge in [0.2, 0.25) is 0 Å². The molecule has 29 heavy (non-hydrogen) atoms. The standard InChI is InChI=1S/C27H31NO/c1-6-7-18-29-26-23(14-11-15-24(26)27(3,4)5)20(2)21-12-10-13-22(19-21)25-16-8-9-17-28-25/h8-17,19H,2,6-7,18H2,1,3-5H3. The maximum Gasteiger partial charge on any atom is 0.130 e. The zero-order chi connectivity index (χ0) is 20.9. The van der Waals surface area contributed by atoms with Crippen molar-refractivity contribution in [1.29, 1.82) is 0 Å². The predicted molar refractivity (Wildman–Crippen MR) is 123 cm³/mol. The maximum atomic E-state index is 6.32. The van der Waals surface area contributed by atoms with Gasteiger partial charge in [-0.25, -0.2) is 0 Å². The number of benzene rings is 2. The summed E-state index contributed by atoms with van der Waals surface area (Å²) < 4.78 is 6.32. The number of unbranched alkanes of at least 4 members (excludes halogenated alkanes) is 1. The molecule has 0 saturated carbocycles. The number of para-hydroxylation sites is 1. The molecule has 0 amide bonds. The molecule has 0 aliphatic carbocycles. The Balaban J connectivity index is 2.03. The number of pyridine rings is 1. The Labute approximate surface area is 175 Å². The Kier molecular flexibility index (Phi) is 6.53. The molecule has 0 N–H and O–H groups in total. The van der Waals surface area contributed by atoms with Gasteiger partial charge in [0.25, 0.3) is 0 Å². The normalized spacial score (nSPS) is 11.3. The van der Waals surface area contributed by atoms with Crippen LogP contribution in [0.15, 0.2) is 73.4 Å². The second-order valence-electron chi connectivity index (χ2n) is 8.41. The second-order valence-corrected chi connectivity index (χ2v) is 8.41. The van der Waals surface area contributed by atoms with Gasteiger partial charge in [0.1, 0.15) is 5.75 Å². The first-order chi connectivity index (χ1) is 13.9. The highest BCUT2D eigenvalue weighted by Gasteiger charge is 2.22. The van der Waals surface area contributed by atoms with Gasteiger partial charge in [0, 0.05) is 22.9 Å². The Morgan fingerprint density at radius 3 is 2.48 bits per heavy atom. The molecule has 3 rings (SSSR count). The summed E-state index contributed by atoms with van der Waals surface area (Å²) in [6.07, 6.45) is 3.98. The van der Waals surface area contributed by atoms with E-state index in [9.17, 15) is 0 Å². The zero-order valence-electron chi connectivity index (χ0n) is 18.0. The summed E-state index contributed by atoms with van der Waals surface area (Å²) in [5, 5.41) is 0. The molecule has 0 radical (unpaired) electrons. The van der Waals surface area contributed by atoms with Crippen molar-refractivity contribution in [3.63, 3.8) is 0 Å². The summed E-state index contributed by atoms with van der Waals surface area (Å²) in [6.45, 7) is 14.0. The summed E-state index contributed by atoms with van der Waals surface area (Å²) >= 11 is 0. The third-order valence-corrected chi connectivity index (χ3v) is 5.06. The van der Waals surface area contributed by atoms with Crippen molar-refractivity contribution in [3.05, 3.63) is 90.1 Å². The average Bonchev–Trinajstić information content (AvgIpc) is 2.73. The Hall–Kier alpha value is -2.87. The summed E-state index contributed by atoms with van der Waals surface area (Å²) in [6, 6.07) is 20.8. The van der Waals surface area contributed by atoms with Crippen molar-refractivity contribution in [1.82, 2.24) is 4.98 Å². The van der Waals surface area contributed by atoms with Gasteiger partial charge in [-0.15, -0.1) is 0 Å². The van der Waals surface area contributed by atoms with Gasteiger partial charge < -0.3 is 4.74 Å². The fourth-order valence-corrected chi connectivity index (χ4v) is 3.39. The minimum atomic E-state index is -0.00630. The van der Waals surface area contributed by atoms with Crippen molar-refractivity contribution in [3.8, 4) is 17.0 Å². The van der Waals surface area contributed by atoms with Gasteiger partial charge in [0.05, 0.1) is 12.3 Å². The smallest absolute Gasteiger partial charge is 0.130 e. The van der Waals surface area contributed by atoms with Crippen molar-refractivity contribution >= 4 is 5.57 Å². The van der Waals surface area contributed by atoms with Crippen LogP contribution in [0.5, 0.6) is 5.75 Å². The quantitative estimate of drug-likeness (QED) is 0.398. The largest absolute Gasteiger partial charge is 0.493 e. The number of aromatic nitrogens is 1. The highest BCUT2D eigenvalue weighted by atomic mass is 16.5. The fraction of sp³-hybridized carbons (Fsp3) is 0.296. The van der Waals surface area contributed by atoms with E-state index in [1.807, 2.05) is 24.4 Å². The number of hydrogen-bond donors (Lipinski definition) is 0. The molecule has 0 saturated heterocycles. The van der Waals surface area contributed by atoms with Crippen LogP contribution in [0.4, 0.5) is 0 Å². The van der Waals surface area contributed by atoms with E-state index >= 15 is 0 Å². The highest BCUT2D eigenvalue weighted by molar-refractivity contribution is 5.83. The molecule has 0 unspecified atom stereocenters. The van der Waals surface area contributed by atoms with Gasteiger partial charge >= 0.3 is 0 Å². The minimum absolute atomic E-state index is 0.00630. The molecule has 150 valence electrons. The minimum Gasteiger partial charge on any atom is -0.493 e. The van der Waals surface area contributed by atoms with Crippen LogP contribution in [0, 0.1) is 0 Å². The van der Waals surface area contributed by atoms with Crippen molar-refractivity contribution < 1.29 is 4.74 Å². The topological polar surface area (TPSA) is 22.1 Å². The third kappa shape index (κ3) is 4.95. The number of hydrogen-bond acceptors (Lipinski definition) is 2. The Bertz CT molecular complexity index is 967. The average molecular weight is 386 g/mol. The molecular formula is C27H31NO. The molecule has 2 heteroatoms. The van der Waals surface area contributed by atoms with Crippen LogP contribution in [0.25, 0.3) is 16.8 Å². The van der Waals surface area contributed by atoms with E-state index in [-0.39, 0.29) is 5.41 Å². The number of nitrogens with zero attached hydrogens (tertiary/aromatic N) is 1. The molecule has 0 bridgehead atoms. The first kappa shape index (κ1) is 20.9. The first-order valence-corrected chi connectivity index (χ1v) is 10.4. The molecule has 1 heterocycles. The van der Waals surface area contributed by atoms with Crippen LogP contribution in [0.2, 0.25) is 0 Å². The fourth-order valence-electron chi connectivity index (χ4n) is 3.39. The molecule has 0 spiro atoms. The lowest BCUT2D eigenvalue weighted by molar-refractivity contribution is 0.300. The van der Waals surface area contributed by atoms with E-state index in [1.54, 1.807) is 0 Å². The van der Waals surface area contributed by atoms with Crippen LogP contribution in [-0.2, 0) is 5.41 Å². The number of rotatable bonds is 7. The van der Waals surface area contributed by atoms with Gasteiger partial charge in [-0.2, -0.15) is 0 Å². The lowest BCUT2D eigenvalue weighted by atomic mass is 9.83. The van der Waals surface area contributed by atoms with Crippen LogP contribution in [0.1, 0.15) is 57.2 Å². The first-order valence-electron chi connectivity index (χ1n) is 10.4. The second kappa shape index (κ2) is 9.09. The van der Waals surface area contributed by atoms with Gasteiger partial charge in [-0.05, 0) is 41.2 Å². The molecule has 0 fully saturated rings. The van der Waals surface area contributed by atoms with E-state index in [2.05, 4.69) is 81.7 Å². The predicted octanol–water partition coefficient (Wildman–Crippen LogP) is 7.29. The van der Waals surface area contributed by atoms with Crippen LogP contribution in [-0.4, -0.2) is 11.6 Å². The Morgan fingerprint density at radius 1 is 1.00 bits per heavy atom. The number of ether oxygens (including phenoxy) is 1. The van der Waals surface area contributed by atoms with Crippen molar-refractivity contribution in [2.24, 2.45) is 0 Å².